The fourth-order valence-electron chi connectivity index (χ4n) is 5.97. The highest BCUT2D eigenvalue weighted by atomic mass is 16.6. The Morgan fingerprint density at radius 1 is 0.870 bits per heavy atom. The van der Waals surface area contributed by atoms with Crippen molar-refractivity contribution in [1.82, 2.24) is 0 Å². The van der Waals surface area contributed by atoms with E-state index in [2.05, 4.69) is 11.1 Å². The molecule has 3 atom stereocenters. The van der Waals surface area contributed by atoms with Crippen LogP contribution < -0.4 is 4.74 Å². The highest BCUT2D eigenvalue weighted by Gasteiger charge is 2.78. The second-order valence-corrected chi connectivity index (χ2v) is 12.9. The minimum absolute atomic E-state index is 0.0520. The van der Waals surface area contributed by atoms with Gasteiger partial charge in [0.25, 0.3) is 0 Å². The lowest BCUT2D eigenvalue weighted by molar-refractivity contribution is -0.145. The van der Waals surface area contributed by atoms with Crippen LogP contribution >= 0.6 is 0 Å². The lowest BCUT2D eigenvalue weighted by atomic mass is 9.60. The van der Waals surface area contributed by atoms with Gasteiger partial charge in [0.1, 0.15) is 28.6 Å². The van der Waals surface area contributed by atoms with Crippen LogP contribution in [0.4, 0.5) is 0 Å². The number of nitrogens with zero attached hydrogens (tertiary/aromatic N) is 3. The third-order valence-electron chi connectivity index (χ3n) is 7.53. The summed E-state index contributed by atoms with van der Waals surface area (Å²) in [5, 5.41) is 11.5. The van der Waals surface area contributed by atoms with Gasteiger partial charge in [-0.25, -0.2) is 19.4 Å². The lowest BCUT2D eigenvalue weighted by Crippen LogP contribution is -2.57. The molecule has 1 aliphatic carbocycles. The van der Waals surface area contributed by atoms with E-state index in [0.29, 0.717) is 5.56 Å². The molecule has 0 saturated carbocycles. The van der Waals surface area contributed by atoms with Gasteiger partial charge in [0, 0.05) is 5.56 Å². The van der Waals surface area contributed by atoms with Crippen molar-refractivity contribution in [2.75, 3.05) is 28.4 Å². The molecule has 13 nitrogen and oxygen atoms in total. The van der Waals surface area contributed by atoms with Crippen LogP contribution in [0.25, 0.3) is 0 Å². The summed E-state index contributed by atoms with van der Waals surface area (Å²) >= 11 is 0. The number of carbonyl (C=O) groups excluding carboxylic acids is 4. The summed E-state index contributed by atoms with van der Waals surface area (Å²) in [5.41, 5.74) is -7.40. The van der Waals surface area contributed by atoms with E-state index >= 15 is 0 Å². The van der Waals surface area contributed by atoms with Gasteiger partial charge in [-0.1, -0.05) is 11.6 Å². The van der Waals surface area contributed by atoms with Crippen LogP contribution in [-0.2, 0) is 48.5 Å². The SMILES string of the molecule is COC(=O)C1=C(C(=O)OC)[C@]2(OC1=NC(C)(C)C)c1cc(C)ccc1OC1=C(C(=O)OC)[C@@H](C(=O)OC)C(=NC(C)(C)C)[C@]12C#N. The van der Waals surface area contributed by atoms with Crippen LogP contribution in [0, 0.1) is 29.6 Å². The molecule has 46 heavy (non-hydrogen) atoms. The fourth-order valence-corrected chi connectivity index (χ4v) is 5.97. The first-order chi connectivity index (χ1) is 21.4. The number of ether oxygens (including phenoxy) is 6. The van der Waals surface area contributed by atoms with Crippen molar-refractivity contribution in [3.8, 4) is 11.8 Å². The van der Waals surface area contributed by atoms with Crippen LogP contribution in [0.15, 0.2) is 50.7 Å². The summed E-state index contributed by atoms with van der Waals surface area (Å²) in [4.78, 5) is 64.4. The number of benzene rings is 1. The largest absolute Gasteiger partial charge is 0.468 e. The molecule has 0 radical (unpaired) electrons. The summed E-state index contributed by atoms with van der Waals surface area (Å²) in [5.74, 6) is -6.38. The highest BCUT2D eigenvalue weighted by molar-refractivity contribution is 6.27. The maximum absolute atomic E-state index is 14.1. The molecule has 1 aromatic rings. The standard InChI is InChI=1S/C33H37N3O10/c1-16-12-13-18-17(14-16)33(22(29(40)44-11)21(28(39)43-10)25(46-33)36-31(5,6)7)32(15-34)23(35-30(2,3)4)19(26(37)41-8)20(24(32)45-18)27(38)42-9/h12-14,19H,1-11H3/t19-,32-,33-/m1/s1. The summed E-state index contributed by atoms with van der Waals surface area (Å²) in [6, 6.07) is 7.09. The number of fused-ring (bicyclic) bond motifs is 4. The molecular formula is C33H37N3O10. The zero-order valence-corrected chi connectivity index (χ0v) is 27.7. The monoisotopic (exact) mass is 635 g/mol. The topological polar surface area (TPSA) is 172 Å². The van der Waals surface area contributed by atoms with E-state index in [0.717, 1.165) is 28.4 Å². The number of nitriles is 1. The van der Waals surface area contributed by atoms with E-state index < -0.39 is 68.6 Å². The Morgan fingerprint density at radius 3 is 1.96 bits per heavy atom. The van der Waals surface area contributed by atoms with E-state index in [4.69, 9.17) is 33.4 Å². The van der Waals surface area contributed by atoms with Gasteiger partial charge in [-0.3, -0.25) is 9.79 Å². The zero-order chi connectivity index (χ0) is 34.6. The molecule has 1 aromatic carbocycles. The molecule has 1 spiro atoms. The van der Waals surface area contributed by atoms with Crippen LogP contribution in [0.1, 0.15) is 52.7 Å². The van der Waals surface area contributed by atoms with Crippen LogP contribution in [0.5, 0.6) is 5.75 Å². The van der Waals surface area contributed by atoms with Crippen LogP contribution in [-0.4, -0.2) is 75.0 Å². The first-order valence-corrected chi connectivity index (χ1v) is 14.3. The van der Waals surface area contributed by atoms with Gasteiger partial charge in [-0.15, -0.1) is 0 Å². The van der Waals surface area contributed by atoms with Crippen molar-refractivity contribution in [1.29, 1.82) is 5.26 Å². The number of rotatable bonds is 4. The van der Waals surface area contributed by atoms with E-state index in [9.17, 15) is 24.4 Å². The van der Waals surface area contributed by atoms with Crippen molar-refractivity contribution in [3.63, 3.8) is 0 Å². The van der Waals surface area contributed by atoms with Crippen molar-refractivity contribution >= 4 is 35.5 Å². The molecule has 0 unspecified atom stereocenters. The number of methoxy groups -OCH3 is 4. The van der Waals surface area contributed by atoms with Crippen molar-refractivity contribution in [3.05, 3.63) is 51.8 Å². The Morgan fingerprint density at radius 2 is 1.46 bits per heavy atom. The molecule has 2 heterocycles. The fraction of sp³-hybridized carbons (Fsp3) is 0.485. The molecule has 0 bridgehead atoms. The molecule has 13 heteroatoms. The summed E-state index contributed by atoms with van der Waals surface area (Å²) in [6.45, 7) is 12.1. The summed E-state index contributed by atoms with van der Waals surface area (Å²) < 4.78 is 33.7. The maximum Gasteiger partial charge on any atom is 0.344 e. The number of aliphatic imine (C=N–C) groups is 2. The molecule has 244 valence electrons. The van der Waals surface area contributed by atoms with Gasteiger partial charge in [0.2, 0.25) is 16.9 Å². The first-order valence-electron chi connectivity index (χ1n) is 14.3. The molecule has 0 saturated heterocycles. The molecule has 0 amide bonds. The maximum atomic E-state index is 14.1. The van der Waals surface area contributed by atoms with E-state index in [1.165, 1.54) is 0 Å². The number of aryl methyl sites for hydroxylation is 1. The predicted molar refractivity (Wildman–Crippen MR) is 163 cm³/mol. The summed E-state index contributed by atoms with van der Waals surface area (Å²) in [6.07, 6.45) is 0. The average Bonchev–Trinajstić information content (AvgIpc) is 3.45. The van der Waals surface area contributed by atoms with E-state index in [1.54, 1.807) is 66.7 Å². The van der Waals surface area contributed by atoms with Gasteiger partial charge in [0.15, 0.2) is 0 Å². The Balaban J connectivity index is 2.43. The molecule has 0 aromatic heterocycles. The lowest BCUT2D eigenvalue weighted by Gasteiger charge is -2.47. The van der Waals surface area contributed by atoms with Crippen molar-refractivity contribution < 1.29 is 47.6 Å². The molecule has 4 rings (SSSR count). The minimum Gasteiger partial charge on any atom is -0.468 e. The molecular weight excluding hydrogens is 598 g/mol. The predicted octanol–water partition coefficient (Wildman–Crippen LogP) is 3.43. The third kappa shape index (κ3) is 4.92. The van der Waals surface area contributed by atoms with Gasteiger partial charge in [-0.05, 0) is 60.6 Å². The number of esters is 4. The summed E-state index contributed by atoms with van der Waals surface area (Å²) in [7, 11) is 4.42. The van der Waals surface area contributed by atoms with Crippen molar-refractivity contribution in [2.45, 2.75) is 65.1 Å². The highest BCUT2D eigenvalue weighted by Crippen LogP contribution is 2.66. The van der Waals surface area contributed by atoms with Crippen LogP contribution in [0.3, 0.4) is 0 Å². The minimum atomic E-state index is -2.42. The Bertz CT molecular complexity index is 1710. The third-order valence-corrected chi connectivity index (χ3v) is 7.53. The van der Waals surface area contributed by atoms with Gasteiger partial charge in [-0.2, -0.15) is 5.26 Å². The van der Waals surface area contributed by atoms with E-state index in [-0.39, 0.29) is 28.7 Å². The normalized spacial score (nSPS) is 25.4. The van der Waals surface area contributed by atoms with Gasteiger partial charge >= 0.3 is 23.9 Å². The average molecular weight is 636 g/mol. The molecule has 0 fully saturated rings. The number of hydrogen-bond donors (Lipinski definition) is 0. The number of hydrogen-bond acceptors (Lipinski definition) is 13. The van der Waals surface area contributed by atoms with Crippen LogP contribution in [0.2, 0.25) is 0 Å². The number of carbonyl (C=O) groups is 4. The first kappa shape index (κ1) is 33.9. The Hall–Kier alpha value is -4.99. The smallest absolute Gasteiger partial charge is 0.344 e. The van der Waals surface area contributed by atoms with Crippen molar-refractivity contribution in [2.24, 2.45) is 21.3 Å². The molecule has 3 aliphatic rings. The van der Waals surface area contributed by atoms with Gasteiger partial charge in [0.05, 0.1) is 56.9 Å². The quantitative estimate of drug-likeness (QED) is 0.350. The van der Waals surface area contributed by atoms with Gasteiger partial charge < -0.3 is 28.4 Å². The zero-order valence-electron chi connectivity index (χ0n) is 27.7. The molecule has 2 aliphatic heterocycles. The second-order valence-electron chi connectivity index (χ2n) is 12.9. The second kappa shape index (κ2) is 11.4. The molecule has 0 N–H and O–H groups in total. The van der Waals surface area contributed by atoms with E-state index in [1.807, 2.05) is 0 Å². The Labute approximate surface area is 266 Å². The Kier molecular flexibility index (Phi) is 8.42.